The number of hydrogen-bond donors (Lipinski definition) is 1. The lowest BCUT2D eigenvalue weighted by molar-refractivity contribution is -0.144. The second-order valence-electron chi connectivity index (χ2n) is 6.42. The Bertz CT molecular complexity index is 605. The fourth-order valence-corrected chi connectivity index (χ4v) is 3.72. The van der Waals surface area contributed by atoms with E-state index in [2.05, 4.69) is 0 Å². The van der Waals surface area contributed by atoms with Gasteiger partial charge in [-0.1, -0.05) is 18.2 Å². The first-order valence-electron chi connectivity index (χ1n) is 8.07. The van der Waals surface area contributed by atoms with Gasteiger partial charge in [-0.05, 0) is 30.4 Å². The largest absolute Gasteiger partial charge is 0.416 e. The van der Waals surface area contributed by atoms with Crippen LogP contribution in [0.2, 0.25) is 0 Å². The number of morpholine rings is 1. The third-order valence-corrected chi connectivity index (χ3v) is 4.88. The fourth-order valence-electron chi connectivity index (χ4n) is 3.72. The number of aliphatic hydroxyl groups excluding tert-OH is 1. The van der Waals surface area contributed by atoms with Crippen LogP contribution in [0.3, 0.4) is 0 Å². The highest BCUT2D eigenvalue weighted by Gasteiger charge is 2.43. The highest BCUT2D eigenvalue weighted by molar-refractivity contribution is 5.79. The quantitative estimate of drug-likeness (QED) is 0.916. The predicted molar refractivity (Wildman–Crippen MR) is 80.2 cm³/mol. The summed E-state index contributed by atoms with van der Waals surface area (Å²) < 4.78 is 44.9. The molecule has 1 unspecified atom stereocenters. The Morgan fingerprint density at radius 3 is 2.75 bits per heavy atom. The number of aliphatic hydroxyl groups is 1. The van der Waals surface area contributed by atoms with Crippen LogP contribution in [-0.2, 0) is 22.1 Å². The molecule has 3 atom stereocenters. The summed E-state index contributed by atoms with van der Waals surface area (Å²) >= 11 is 0. The summed E-state index contributed by atoms with van der Waals surface area (Å²) in [5.41, 5.74) is -0.766. The molecule has 1 aliphatic heterocycles. The molecule has 1 aliphatic carbocycles. The second-order valence-corrected chi connectivity index (χ2v) is 6.42. The Hall–Kier alpha value is -1.60. The number of carbonyl (C=O) groups excluding carboxylic acids is 1. The van der Waals surface area contributed by atoms with Gasteiger partial charge in [-0.15, -0.1) is 0 Å². The van der Waals surface area contributed by atoms with Gasteiger partial charge in [0.15, 0.2) is 0 Å². The predicted octanol–water partition coefficient (Wildman–Crippen LogP) is 2.25. The number of nitrogens with zero attached hydrogens (tertiary/aromatic N) is 1. The van der Waals surface area contributed by atoms with Crippen molar-refractivity contribution >= 4 is 5.91 Å². The van der Waals surface area contributed by atoms with E-state index in [-0.39, 0.29) is 42.6 Å². The topological polar surface area (TPSA) is 49.8 Å². The van der Waals surface area contributed by atoms with Crippen molar-refractivity contribution in [1.29, 1.82) is 0 Å². The maximum Gasteiger partial charge on any atom is 0.416 e. The van der Waals surface area contributed by atoms with Crippen LogP contribution in [0.15, 0.2) is 24.3 Å². The number of amides is 1. The zero-order valence-corrected chi connectivity index (χ0v) is 13.1. The number of fused-ring (bicyclic) bond motifs is 1. The molecule has 2 fully saturated rings. The molecule has 0 radical (unpaired) electrons. The summed E-state index contributed by atoms with van der Waals surface area (Å²) in [5.74, 6) is -0.237. The highest BCUT2D eigenvalue weighted by Crippen LogP contribution is 2.35. The fraction of sp³-hybridized carbons (Fsp3) is 0.588. The van der Waals surface area contributed by atoms with Crippen LogP contribution >= 0.6 is 0 Å². The van der Waals surface area contributed by atoms with Gasteiger partial charge in [0.05, 0.1) is 30.7 Å². The minimum absolute atomic E-state index is 0.00486. The molecule has 3 rings (SSSR count). The number of alkyl halides is 3. The molecule has 1 aromatic carbocycles. The van der Waals surface area contributed by atoms with Gasteiger partial charge in [-0.3, -0.25) is 4.79 Å². The van der Waals surface area contributed by atoms with Crippen LogP contribution < -0.4 is 0 Å². The maximum absolute atomic E-state index is 13.1. The maximum atomic E-state index is 13.1. The Balaban J connectivity index is 1.76. The van der Waals surface area contributed by atoms with E-state index in [0.717, 1.165) is 6.07 Å². The van der Waals surface area contributed by atoms with Gasteiger partial charge in [0.2, 0.25) is 5.91 Å². The molecule has 1 heterocycles. The third-order valence-electron chi connectivity index (χ3n) is 4.88. The smallest absolute Gasteiger partial charge is 0.396 e. The van der Waals surface area contributed by atoms with E-state index < -0.39 is 11.7 Å². The number of carbonyl (C=O) groups is 1. The molecule has 0 aromatic heterocycles. The number of halogens is 3. The van der Waals surface area contributed by atoms with E-state index in [1.165, 1.54) is 18.2 Å². The van der Waals surface area contributed by atoms with Crippen molar-refractivity contribution in [3.05, 3.63) is 35.4 Å². The zero-order chi connectivity index (χ0) is 17.3. The lowest BCUT2D eigenvalue weighted by Gasteiger charge is -2.38. The van der Waals surface area contributed by atoms with Gasteiger partial charge < -0.3 is 14.7 Å². The first-order chi connectivity index (χ1) is 11.4. The van der Waals surface area contributed by atoms with Gasteiger partial charge in [0.25, 0.3) is 0 Å². The Morgan fingerprint density at radius 2 is 2.04 bits per heavy atom. The molecule has 1 amide bonds. The van der Waals surface area contributed by atoms with E-state index in [1.807, 2.05) is 0 Å². The lowest BCUT2D eigenvalue weighted by atomic mass is 10.0. The summed E-state index contributed by atoms with van der Waals surface area (Å²) in [5, 5.41) is 9.32. The highest BCUT2D eigenvalue weighted by atomic mass is 19.4. The van der Waals surface area contributed by atoms with Crippen molar-refractivity contribution in [2.75, 3.05) is 19.8 Å². The van der Waals surface area contributed by atoms with Gasteiger partial charge in [-0.2, -0.15) is 13.2 Å². The van der Waals surface area contributed by atoms with Crippen molar-refractivity contribution in [2.45, 2.75) is 37.6 Å². The van der Waals surface area contributed by atoms with E-state index in [9.17, 15) is 23.1 Å². The molecule has 132 valence electrons. The molecular formula is C17H20F3NO3. The van der Waals surface area contributed by atoms with E-state index in [0.29, 0.717) is 26.0 Å². The number of rotatable bonds is 3. The van der Waals surface area contributed by atoms with E-state index >= 15 is 0 Å². The Kier molecular flexibility index (Phi) is 4.83. The molecule has 1 N–H and O–H groups in total. The van der Waals surface area contributed by atoms with Gasteiger partial charge in [0, 0.05) is 13.2 Å². The number of ether oxygens (including phenoxy) is 1. The summed E-state index contributed by atoms with van der Waals surface area (Å²) in [6, 6.07) is 5.04. The van der Waals surface area contributed by atoms with Crippen LogP contribution in [0.5, 0.6) is 0 Å². The SMILES string of the molecule is O=C(Cc1ccccc1C(F)(F)F)N1CCOC2C[C@H](CO)C[C@@H]21. The average molecular weight is 343 g/mol. The molecule has 1 saturated carbocycles. The second kappa shape index (κ2) is 6.72. The van der Waals surface area contributed by atoms with Gasteiger partial charge in [0.1, 0.15) is 0 Å². The molecule has 24 heavy (non-hydrogen) atoms. The van der Waals surface area contributed by atoms with Crippen LogP contribution in [0.4, 0.5) is 13.2 Å². The summed E-state index contributed by atoms with van der Waals surface area (Å²) in [6.45, 7) is 0.799. The van der Waals surface area contributed by atoms with Crippen molar-refractivity contribution < 1.29 is 27.8 Å². The van der Waals surface area contributed by atoms with Gasteiger partial charge >= 0.3 is 6.18 Å². The minimum Gasteiger partial charge on any atom is -0.396 e. The average Bonchev–Trinajstić information content (AvgIpc) is 2.97. The molecule has 2 aliphatic rings. The molecule has 1 aromatic rings. The first-order valence-corrected chi connectivity index (χ1v) is 8.07. The molecule has 0 bridgehead atoms. The van der Waals surface area contributed by atoms with Gasteiger partial charge in [-0.25, -0.2) is 0 Å². The van der Waals surface area contributed by atoms with Crippen LogP contribution in [0, 0.1) is 5.92 Å². The molecular weight excluding hydrogens is 323 g/mol. The molecule has 7 heteroatoms. The molecule has 0 spiro atoms. The van der Waals surface area contributed by atoms with Crippen molar-refractivity contribution in [3.8, 4) is 0 Å². The zero-order valence-electron chi connectivity index (χ0n) is 13.1. The van der Waals surface area contributed by atoms with Crippen molar-refractivity contribution in [1.82, 2.24) is 4.90 Å². The van der Waals surface area contributed by atoms with Crippen LogP contribution in [-0.4, -0.2) is 47.8 Å². The van der Waals surface area contributed by atoms with Crippen molar-refractivity contribution in [3.63, 3.8) is 0 Å². The standard InChI is InChI=1S/C17H20F3NO3/c18-17(19,20)13-4-2-1-3-12(13)9-16(23)21-5-6-24-15-8-11(10-22)7-14(15)21/h1-4,11,14-15,22H,5-10H2/t11-,14+,15?/m1/s1. The first kappa shape index (κ1) is 17.2. The Labute approximate surface area is 138 Å². The van der Waals surface area contributed by atoms with Crippen molar-refractivity contribution in [2.24, 2.45) is 5.92 Å². The van der Waals surface area contributed by atoms with Crippen LogP contribution in [0.1, 0.15) is 24.0 Å². The monoisotopic (exact) mass is 343 g/mol. The molecule has 4 nitrogen and oxygen atoms in total. The van der Waals surface area contributed by atoms with E-state index in [1.54, 1.807) is 4.90 Å². The normalized spacial score (nSPS) is 27.2. The Morgan fingerprint density at radius 1 is 1.29 bits per heavy atom. The third kappa shape index (κ3) is 3.42. The lowest BCUT2D eigenvalue weighted by Crippen LogP contribution is -2.51. The number of hydrogen-bond acceptors (Lipinski definition) is 3. The molecule has 1 saturated heterocycles. The van der Waals surface area contributed by atoms with E-state index in [4.69, 9.17) is 4.74 Å². The summed E-state index contributed by atoms with van der Waals surface area (Å²) in [7, 11) is 0. The summed E-state index contributed by atoms with van der Waals surface area (Å²) in [6.07, 6.45) is -3.56. The van der Waals surface area contributed by atoms with Crippen LogP contribution in [0.25, 0.3) is 0 Å². The minimum atomic E-state index is -4.47. The number of benzene rings is 1. The summed E-state index contributed by atoms with van der Waals surface area (Å²) in [4.78, 5) is 14.3.